The molecule has 0 radical (unpaired) electrons. The van der Waals surface area contributed by atoms with Crippen molar-refractivity contribution in [2.75, 3.05) is 5.32 Å². The zero-order valence-corrected chi connectivity index (χ0v) is 17.1. The third kappa shape index (κ3) is 5.22. The van der Waals surface area contributed by atoms with Crippen LogP contribution in [0.15, 0.2) is 36.5 Å². The van der Waals surface area contributed by atoms with Crippen molar-refractivity contribution in [1.82, 2.24) is 9.88 Å². The highest BCUT2D eigenvalue weighted by Crippen LogP contribution is 2.25. The van der Waals surface area contributed by atoms with Crippen LogP contribution in [0.4, 0.5) is 10.5 Å². The highest BCUT2D eigenvalue weighted by atomic mass is 16.5. The van der Waals surface area contributed by atoms with Gasteiger partial charge in [-0.3, -0.25) is 9.69 Å². The second-order valence-corrected chi connectivity index (χ2v) is 7.74. The van der Waals surface area contributed by atoms with Crippen molar-refractivity contribution in [3.05, 3.63) is 47.7 Å². The second kappa shape index (κ2) is 8.29. The Labute approximate surface area is 165 Å². The molecule has 2 N–H and O–H groups in total. The van der Waals surface area contributed by atoms with Crippen LogP contribution in [0.2, 0.25) is 0 Å². The summed E-state index contributed by atoms with van der Waals surface area (Å²) in [5, 5.41) is 12.1. The number of ether oxygens (including phenoxy) is 1. The number of carbonyl (C=O) groups is 2. The number of aromatic nitrogens is 1. The van der Waals surface area contributed by atoms with E-state index in [-0.39, 0.29) is 0 Å². The molecule has 0 fully saturated rings. The summed E-state index contributed by atoms with van der Waals surface area (Å²) in [7, 11) is 0. The smallest absolute Gasteiger partial charge is 0.408 e. The van der Waals surface area contributed by atoms with E-state index >= 15 is 0 Å². The molecule has 0 saturated heterocycles. The molecule has 1 aromatic heterocycles. The van der Waals surface area contributed by atoms with Gasteiger partial charge in [0.15, 0.2) is 0 Å². The van der Waals surface area contributed by atoms with Crippen LogP contribution in [0.3, 0.4) is 0 Å². The molecule has 0 unspecified atom stereocenters. The summed E-state index contributed by atoms with van der Waals surface area (Å²) in [4.78, 5) is 29.4. The molecule has 7 nitrogen and oxygen atoms in total. The van der Waals surface area contributed by atoms with Gasteiger partial charge in [-0.2, -0.15) is 0 Å². The second-order valence-electron chi connectivity index (χ2n) is 7.74. The molecule has 7 heteroatoms. The van der Waals surface area contributed by atoms with Crippen LogP contribution in [-0.4, -0.2) is 38.6 Å². The van der Waals surface area contributed by atoms with Gasteiger partial charge in [0, 0.05) is 11.6 Å². The maximum Gasteiger partial charge on any atom is 0.408 e. The minimum Gasteiger partial charge on any atom is -0.465 e. The van der Waals surface area contributed by atoms with Gasteiger partial charge in [0.1, 0.15) is 11.8 Å². The molecule has 0 aliphatic carbocycles. The number of aryl methyl sites for hydroxylation is 2. The molecule has 0 bridgehead atoms. The van der Waals surface area contributed by atoms with E-state index in [9.17, 15) is 14.7 Å². The monoisotopic (exact) mass is 385 g/mol. The van der Waals surface area contributed by atoms with Crippen molar-refractivity contribution in [3.63, 3.8) is 0 Å². The summed E-state index contributed by atoms with van der Waals surface area (Å²) < 4.78 is 5.80. The summed E-state index contributed by atoms with van der Waals surface area (Å²) in [6.45, 7) is 10.7. The first-order chi connectivity index (χ1) is 13.0. The molecule has 2 rings (SSSR count). The number of nitrogens with zero attached hydrogens (tertiary/aromatic N) is 2. The van der Waals surface area contributed by atoms with Crippen molar-refractivity contribution < 1.29 is 19.4 Å². The van der Waals surface area contributed by atoms with Gasteiger partial charge < -0.3 is 15.2 Å². The Morgan fingerprint density at radius 1 is 1.18 bits per heavy atom. The number of rotatable bonds is 5. The molecule has 2 amide bonds. The van der Waals surface area contributed by atoms with Crippen molar-refractivity contribution in [1.29, 1.82) is 0 Å². The number of carboxylic acid groups (broad SMARTS) is 1. The minimum absolute atomic E-state index is 0.404. The normalized spacial score (nSPS) is 12.2. The van der Waals surface area contributed by atoms with Crippen molar-refractivity contribution in [2.24, 2.45) is 0 Å². The number of nitrogens with one attached hydrogen (secondary N) is 1. The van der Waals surface area contributed by atoms with E-state index in [0.717, 1.165) is 21.8 Å². The number of pyridine rings is 1. The highest BCUT2D eigenvalue weighted by Gasteiger charge is 2.34. The summed E-state index contributed by atoms with van der Waals surface area (Å²) in [5.74, 6) is 0.698. The Kier molecular flexibility index (Phi) is 6.28. The average Bonchev–Trinajstić information content (AvgIpc) is 2.58. The Hall–Kier alpha value is -3.09. The van der Waals surface area contributed by atoms with Gasteiger partial charge in [0.2, 0.25) is 11.8 Å². The third-order valence-electron chi connectivity index (χ3n) is 4.26. The highest BCUT2D eigenvalue weighted by molar-refractivity contribution is 5.96. The van der Waals surface area contributed by atoms with Crippen LogP contribution in [-0.2, 0) is 4.79 Å². The Balaban J connectivity index is 2.08. The summed E-state index contributed by atoms with van der Waals surface area (Å²) in [5.41, 5.74) is 1.84. The average molecular weight is 385 g/mol. The molecule has 150 valence electrons. The molecule has 28 heavy (non-hydrogen) atoms. The fraction of sp³-hybridized carbons (Fsp3) is 0.381. The number of hydrogen-bond donors (Lipinski definition) is 2. The van der Waals surface area contributed by atoms with E-state index in [2.05, 4.69) is 10.3 Å². The van der Waals surface area contributed by atoms with Crippen LogP contribution in [0.25, 0.3) is 0 Å². The molecular formula is C21H27N3O4. The van der Waals surface area contributed by atoms with Gasteiger partial charge in [0.25, 0.3) is 0 Å². The van der Waals surface area contributed by atoms with Crippen molar-refractivity contribution >= 4 is 17.7 Å². The number of amides is 2. The van der Waals surface area contributed by atoms with Crippen molar-refractivity contribution in [3.8, 4) is 11.6 Å². The van der Waals surface area contributed by atoms with Gasteiger partial charge in [0.05, 0.1) is 11.9 Å². The van der Waals surface area contributed by atoms with Crippen LogP contribution in [0.1, 0.15) is 38.8 Å². The first-order valence-corrected chi connectivity index (χ1v) is 9.03. The Bertz CT molecular complexity index is 857. The Morgan fingerprint density at radius 3 is 2.39 bits per heavy atom. The number of benzene rings is 1. The first kappa shape index (κ1) is 21.2. The maximum atomic E-state index is 12.5. The molecule has 0 saturated carbocycles. The third-order valence-corrected chi connectivity index (χ3v) is 4.26. The molecule has 1 aromatic carbocycles. The zero-order chi connectivity index (χ0) is 21.1. The van der Waals surface area contributed by atoms with E-state index in [0.29, 0.717) is 11.6 Å². The SMILES string of the molecule is Cc1ccc(C)c(Oc2ccc(NC(=O)[C@@H](C)N(C(=O)O)C(C)(C)C)cn2)c1. The lowest BCUT2D eigenvalue weighted by atomic mass is 10.0. The lowest BCUT2D eigenvalue weighted by Crippen LogP contribution is -2.54. The van der Waals surface area contributed by atoms with Gasteiger partial charge in [-0.05, 0) is 64.8 Å². The molecular weight excluding hydrogens is 358 g/mol. The predicted molar refractivity (Wildman–Crippen MR) is 108 cm³/mol. The van der Waals surface area contributed by atoms with E-state index in [4.69, 9.17) is 4.74 Å². The van der Waals surface area contributed by atoms with Crippen LogP contribution < -0.4 is 10.1 Å². The molecule has 0 spiro atoms. The first-order valence-electron chi connectivity index (χ1n) is 9.03. The van der Waals surface area contributed by atoms with Crippen LogP contribution in [0, 0.1) is 13.8 Å². The summed E-state index contributed by atoms with van der Waals surface area (Å²) in [6, 6.07) is 8.38. The van der Waals surface area contributed by atoms with E-state index in [1.165, 1.54) is 6.20 Å². The van der Waals surface area contributed by atoms with Gasteiger partial charge in [-0.25, -0.2) is 9.78 Å². The number of anilines is 1. The Morgan fingerprint density at radius 2 is 1.86 bits per heavy atom. The fourth-order valence-electron chi connectivity index (χ4n) is 2.84. The molecule has 1 heterocycles. The lowest BCUT2D eigenvalue weighted by Gasteiger charge is -2.37. The molecule has 0 aliphatic heterocycles. The fourth-order valence-corrected chi connectivity index (χ4v) is 2.84. The van der Waals surface area contributed by atoms with Gasteiger partial charge in [-0.1, -0.05) is 12.1 Å². The van der Waals surface area contributed by atoms with Crippen LogP contribution >= 0.6 is 0 Å². The molecule has 2 aromatic rings. The largest absolute Gasteiger partial charge is 0.465 e. The van der Waals surface area contributed by atoms with Gasteiger partial charge in [-0.15, -0.1) is 0 Å². The zero-order valence-electron chi connectivity index (χ0n) is 17.1. The maximum absolute atomic E-state index is 12.5. The summed E-state index contributed by atoms with van der Waals surface area (Å²) >= 11 is 0. The van der Waals surface area contributed by atoms with Gasteiger partial charge >= 0.3 is 6.09 Å². The minimum atomic E-state index is -1.15. The quantitative estimate of drug-likeness (QED) is 0.785. The van der Waals surface area contributed by atoms with Crippen LogP contribution in [0.5, 0.6) is 11.6 Å². The number of carbonyl (C=O) groups excluding carboxylic acids is 1. The summed E-state index contributed by atoms with van der Waals surface area (Å²) in [6.07, 6.45) is 0.332. The molecule has 0 aliphatic rings. The van der Waals surface area contributed by atoms with E-state index < -0.39 is 23.6 Å². The number of hydrogen-bond acceptors (Lipinski definition) is 4. The van der Waals surface area contributed by atoms with Crippen molar-refractivity contribution in [2.45, 2.75) is 53.1 Å². The van der Waals surface area contributed by atoms with E-state index in [1.54, 1.807) is 39.8 Å². The topological polar surface area (TPSA) is 91.8 Å². The predicted octanol–water partition coefficient (Wildman–Crippen LogP) is 4.60. The van der Waals surface area contributed by atoms with E-state index in [1.807, 2.05) is 32.0 Å². The lowest BCUT2D eigenvalue weighted by molar-refractivity contribution is -0.121. The standard InChI is InChI=1S/C21H27N3O4/c1-13-7-8-14(2)17(11-13)28-18-10-9-16(12-22-18)23-19(25)15(3)24(20(26)27)21(4,5)6/h7-12,15H,1-6H3,(H,23,25)(H,26,27)/t15-/m1/s1. The molecule has 1 atom stereocenters.